The second kappa shape index (κ2) is 8.88. The average Bonchev–Trinajstić information content (AvgIpc) is 2.62. The topological polar surface area (TPSA) is 89.0 Å². The summed E-state index contributed by atoms with van der Waals surface area (Å²) in [4.78, 5) is 29.5. The number of ether oxygens (including phenoxy) is 2. The molecule has 1 N–H and O–H groups in total. The van der Waals surface area contributed by atoms with Crippen LogP contribution in [0.25, 0.3) is 0 Å². The Balaban J connectivity index is 0.000000244. The highest BCUT2D eigenvalue weighted by atomic mass is 16.7. The summed E-state index contributed by atoms with van der Waals surface area (Å²) in [7, 11) is 4.02. The van der Waals surface area contributed by atoms with Crippen molar-refractivity contribution >= 4 is 17.6 Å². The molecule has 1 aliphatic heterocycles. The van der Waals surface area contributed by atoms with Crippen LogP contribution in [0, 0.1) is 5.92 Å². The smallest absolute Gasteiger partial charge is 0.352 e. The monoisotopic (exact) mass is 376 g/mol. The van der Waals surface area contributed by atoms with E-state index in [1.165, 1.54) is 19.5 Å². The molecule has 7 heteroatoms. The van der Waals surface area contributed by atoms with Crippen molar-refractivity contribution in [1.82, 2.24) is 4.98 Å². The van der Waals surface area contributed by atoms with Gasteiger partial charge in [-0.1, -0.05) is 19.3 Å². The first-order valence-corrected chi connectivity index (χ1v) is 9.18. The standard InChI is InChI=1S/C13H18O5.C7H10N2/c1-13(2)17-11(15)9(12(16)18-13)10(14)8-6-4-3-5-7-8;1-9(2)7-3-5-8-6-4-7/h8,14H,3-7H2,1-2H3;3-6H,1-2H3. The molecule has 1 aromatic rings. The SMILES string of the molecule is CC1(C)OC(=O)C(=C(O)C2CCCCC2)C(=O)O1.CN(C)c1ccncc1. The molecule has 0 unspecified atom stereocenters. The molecule has 0 bridgehead atoms. The fourth-order valence-electron chi connectivity index (χ4n) is 3.08. The van der Waals surface area contributed by atoms with Gasteiger partial charge in [0.25, 0.3) is 5.79 Å². The number of hydrogen-bond acceptors (Lipinski definition) is 7. The van der Waals surface area contributed by atoms with Gasteiger partial charge in [0.15, 0.2) is 5.57 Å². The molecule has 148 valence electrons. The molecule has 3 rings (SSSR count). The van der Waals surface area contributed by atoms with Crippen LogP contribution in [0.4, 0.5) is 5.69 Å². The van der Waals surface area contributed by atoms with E-state index in [1.54, 1.807) is 12.4 Å². The van der Waals surface area contributed by atoms with Crippen LogP contribution in [-0.4, -0.2) is 41.9 Å². The van der Waals surface area contributed by atoms with Crippen LogP contribution in [-0.2, 0) is 19.1 Å². The van der Waals surface area contributed by atoms with Gasteiger partial charge in [-0.25, -0.2) is 9.59 Å². The molecule has 1 aromatic heterocycles. The number of allylic oxidation sites excluding steroid dienone is 1. The largest absolute Gasteiger partial charge is 0.511 e. The zero-order valence-corrected chi connectivity index (χ0v) is 16.4. The summed E-state index contributed by atoms with van der Waals surface area (Å²) >= 11 is 0. The van der Waals surface area contributed by atoms with E-state index < -0.39 is 17.7 Å². The summed E-state index contributed by atoms with van der Waals surface area (Å²) in [6, 6.07) is 3.94. The van der Waals surface area contributed by atoms with Crippen molar-refractivity contribution in [3.8, 4) is 0 Å². The molecular formula is C20H28N2O5. The van der Waals surface area contributed by atoms with E-state index in [9.17, 15) is 14.7 Å². The Morgan fingerprint density at radius 1 is 1.07 bits per heavy atom. The zero-order valence-electron chi connectivity index (χ0n) is 16.4. The summed E-state index contributed by atoms with van der Waals surface area (Å²) in [6.45, 7) is 2.97. The molecule has 0 aromatic carbocycles. The highest BCUT2D eigenvalue weighted by Crippen LogP contribution is 2.33. The van der Waals surface area contributed by atoms with Gasteiger partial charge in [-0.05, 0) is 25.0 Å². The zero-order chi connectivity index (χ0) is 20.0. The molecule has 0 spiro atoms. The van der Waals surface area contributed by atoms with Crippen molar-refractivity contribution in [2.45, 2.75) is 51.7 Å². The third-order valence-corrected chi connectivity index (χ3v) is 4.51. The van der Waals surface area contributed by atoms with Crippen LogP contribution in [0.3, 0.4) is 0 Å². The lowest BCUT2D eigenvalue weighted by Gasteiger charge is -2.31. The summed E-state index contributed by atoms with van der Waals surface area (Å²) in [6.07, 6.45) is 8.28. The van der Waals surface area contributed by atoms with Crippen molar-refractivity contribution in [3.63, 3.8) is 0 Å². The van der Waals surface area contributed by atoms with Crippen LogP contribution < -0.4 is 4.90 Å². The van der Waals surface area contributed by atoms with Crippen molar-refractivity contribution in [2.24, 2.45) is 5.92 Å². The van der Waals surface area contributed by atoms with E-state index in [2.05, 4.69) is 4.98 Å². The van der Waals surface area contributed by atoms with Crippen LogP contribution in [0.1, 0.15) is 46.0 Å². The molecule has 1 saturated carbocycles. The van der Waals surface area contributed by atoms with Gasteiger partial charge in [0.2, 0.25) is 0 Å². The molecule has 2 heterocycles. The fourth-order valence-corrected chi connectivity index (χ4v) is 3.08. The first-order valence-electron chi connectivity index (χ1n) is 9.18. The number of carbonyl (C=O) groups excluding carboxylic acids is 2. The second-order valence-corrected chi connectivity index (χ2v) is 7.37. The lowest BCUT2D eigenvalue weighted by molar-refractivity contribution is -0.222. The van der Waals surface area contributed by atoms with Crippen LogP contribution >= 0.6 is 0 Å². The first kappa shape index (κ1) is 20.7. The minimum atomic E-state index is -1.26. The van der Waals surface area contributed by atoms with E-state index >= 15 is 0 Å². The average molecular weight is 376 g/mol. The molecule has 1 saturated heterocycles. The van der Waals surface area contributed by atoms with E-state index in [-0.39, 0.29) is 17.3 Å². The number of aromatic nitrogens is 1. The van der Waals surface area contributed by atoms with Gasteiger partial charge in [-0.15, -0.1) is 0 Å². The van der Waals surface area contributed by atoms with Crippen molar-refractivity contribution in [2.75, 3.05) is 19.0 Å². The molecule has 0 amide bonds. The molecule has 0 radical (unpaired) electrons. The predicted octanol–water partition coefficient (Wildman–Crippen LogP) is 3.36. The summed E-state index contributed by atoms with van der Waals surface area (Å²) in [5, 5.41) is 10.1. The van der Waals surface area contributed by atoms with Gasteiger partial charge in [-0.3, -0.25) is 4.98 Å². The van der Waals surface area contributed by atoms with Crippen molar-refractivity contribution < 1.29 is 24.2 Å². The van der Waals surface area contributed by atoms with Gasteiger partial charge < -0.3 is 19.5 Å². The van der Waals surface area contributed by atoms with Gasteiger partial charge in [0.1, 0.15) is 5.76 Å². The first-order chi connectivity index (χ1) is 12.7. The lowest BCUT2D eigenvalue weighted by atomic mass is 9.86. The lowest BCUT2D eigenvalue weighted by Crippen LogP contribution is -2.42. The minimum Gasteiger partial charge on any atom is -0.511 e. The maximum atomic E-state index is 11.8. The third kappa shape index (κ3) is 5.70. The molecular weight excluding hydrogens is 348 g/mol. The number of esters is 2. The number of aliphatic hydroxyl groups is 1. The fraction of sp³-hybridized carbons (Fsp3) is 0.550. The Labute approximate surface area is 160 Å². The highest BCUT2D eigenvalue weighted by molar-refractivity contribution is 6.15. The number of nitrogens with zero attached hydrogens (tertiary/aromatic N) is 2. The maximum Gasteiger partial charge on any atom is 0.352 e. The summed E-state index contributed by atoms with van der Waals surface area (Å²) in [5.74, 6) is -3.14. The van der Waals surface area contributed by atoms with Gasteiger partial charge >= 0.3 is 11.9 Å². The van der Waals surface area contributed by atoms with E-state index in [0.29, 0.717) is 0 Å². The number of carbonyl (C=O) groups is 2. The Hall–Kier alpha value is -2.57. The van der Waals surface area contributed by atoms with E-state index in [1.807, 2.05) is 31.1 Å². The summed E-state index contributed by atoms with van der Waals surface area (Å²) in [5.41, 5.74) is 0.853. The van der Waals surface area contributed by atoms with Gasteiger partial charge in [0, 0.05) is 51.9 Å². The predicted molar refractivity (Wildman–Crippen MR) is 101 cm³/mol. The number of aliphatic hydroxyl groups excluding tert-OH is 1. The quantitative estimate of drug-likeness (QED) is 0.366. The molecule has 27 heavy (non-hydrogen) atoms. The summed E-state index contributed by atoms with van der Waals surface area (Å²) < 4.78 is 9.94. The highest BCUT2D eigenvalue weighted by Gasteiger charge is 2.42. The van der Waals surface area contributed by atoms with Crippen molar-refractivity contribution in [1.29, 1.82) is 0 Å². The van der Waals surface area contributed by atoms with Crippen LogP contribution in [0.2, 0.25) is 0 Å². The molecule has 2 fully saturated rings. The number of pyridine rings is 1. The maximum absolute atomic E-state index is 11.8. The van der Waals surface area contributed by atoms with E-state index in [4.69, 9.17) is 9.47 Å². The number of hydrogen-bond donors (Lipinski definition) is 1. The van der Waals surface area contributed by atoms with E-state index in [0.717, 1.165) is 32.1 Å². The Morgan fingerprint density at radius 2 is 1.59 bits per heavy atom. The molecule has 0 atom stereocenters. The number of anilines is 1. The molecule has 2 aliphatic rings. The molecule has 7 nitrogen and oxygen atoms in total. The van der Waals surface area contributed by atoms with Gasteiger partial charge in [0.05, 0.1) is 0 Å². The van der Waals surface area contributed by atoms with Crippen LogP contribution in [0.15, 0.2) is 35.9 Å². The Kier molecular flexibility index (Phi) is 6.82. The Morgan fingerprint density at radius 3 is 2.04 bits per heavy atom. The number of rotatable bonds is 2. The van der Waals surface area contributed by atoms with Crippen molar-refractivity contribution in [3.05, 3.63) is 35.9 Å². The number of cyclic esters (lactones) is 2. The second-order valence-electron chi connectivity index (χ2n) is 7.37. The Bertz CT molecular complexity index is 670. The normalized spacial score (nSPS) is 19.3. The molecule has 1 aliphatic carbocycles. The van der Waals surface area contributed by atoms with Crippen LogP contribution in [0.5, 0.6) is 0 Å². The van der Waals surface area contributed by atoms with Gasteiger partial charge in [-0.2, -0.15) is 0 Å². The minimum absolute atomic E-state index is 0.130. The third-order valence-electron chi connectivity index (χ3n) is 4.51.